The van der Waals surface area contributed by atoms with E-state index in [1.54, 1.807) is 0 Å². The molecule has 0 bridgehead atoms. The summed E-state index contributed by atoms with van der Waals surface area (Å²) in [4.78, 5) is 11.3. The molecule has 98 valence electrons. The van der Waals surface area contributed by atoms with Crippen molar-refractivity contribution >= 4 is 17.6 Å². The van der Waals surface area contributed by atoms with Crippen molar-refractivity contribution in [2.75, 3.05) is 0 Å². The lowest BCUT2D eigenvalue weighted by Crippen LogP contribution is -2.19. The maximum absolute atomic E-state index is 11.3. The van der Waals surface area contributed by atoms with E-state index in [-0.39, 0.29) is 5.92 Å². The highest BCUT2D eigenvalue weighted by Gasteiger charge is 2.25. The van der Waals surface area contributed by atoms with Crippen LogP contribution >= 0.6 is 11.6 Å². The first kappa shape index (κ1) is 13.4. The van der Waals surface area contributed by atoms with E-state index in [9.17, 15) is 9.90 Å². The number of carbonyl (C=O) groups is 1. The molecule has 0 saturated heterocycles. The van der Waals surface area contributed by atoms with Gasteiger partial charge in [0.1, 0.15) is 0 Å². The van der Waals surface area contributed by atoms with Gasteiger partial charge in [0.2, 0.25) is 0 Å². The van der Waals surface area contributed by atoms with Crippen LogP contribution in [-0.4, -0.2) is 11.1 Å². The maximum Gasteiger partial charge on any atom is 0.306 e. The number of hydrogen-bond donors (Lipinski definition) is 1. The minimum Gasteiger partial charge on any atom is -0.481 e. The summed E-state index contributed by atoms with van der Waals surface area (Å²) in [5.74, 6) is -0.348. The molecule has 1 N–H and O–H groups in total. The van der Waals surface area contributed by atoms with Gasteiger partial charge in [-0.15, -0.1) is 0 Å². The van der Waals surface area contributed by atoms with Crippen LogP contribution in [0.3, 0.4) is 0 Å². The summed E-state index contributed by atoms with van der Waals surface area (Å²) in [6, 6.07) is 7.52. The van der Waals surface area contributed by atoms with Gasteiger partial charge in [0, 0.05) is 5.02 Å². The summed E-state index contributed by atoms with van der Waals surface area (Å²) in [6.07, 6.45) is 6.30. The molecule has 3 heteroatoms. The minimum absolute atomic E-state index is 0.272. The van der Waals surface area contributed by atoms with E-state index in [1.807, 2.05) is 24.3 Å². The van der Waals surface area contributed by atoms with Gasteiger partial charge in [0.25, 0.3) is 0 Å². The average Bonchev–Trinajstić information content (AvgIpc) is 2.81. The Morgan fingerprint density at radius 1 is 1.39 bits per heavy atom. The second-order valence-electron chi connectivity index (χ2n) is 5.26. The third-order valence-corrected chi connectivity index (χ3v) is 4.05. The van der Waals surface area contributed by atoms with Crippen LogP contribution in [0.25, 0.3) is 0 Å². The predicted molar refractivity (Wildman–Crippen MR) is 72.9 cm³/mol. The summed E-state index contributed by atoms with van der Waals surface area (Å²) in [6.45, 7) is 0. The molecule has 0 radical (unpaired) electrons. The van der Waals surface area contributed by atoms with Gasteiger partial charge in [-0.25, -0.2) is 0 Å². The van der Waals surface area contributed by atoms with Gasteiger partial charge in [-0.1, -0.05) is 49.4 Å². The number of hydrogen-bond acceptors (Lipinski definition) is 1. The number of rotatable bonds is 5. The van der Waals surface area contributed by atoms with Crippen molar-refractivity contribution in [2.45, 2.75) is 38.5 Å². The van der Waals surface area contributed by atoms with Gasteiger partial charge in [0.15, 0.2) is 0 Å². The van der Waals surface area contributed by atoms with E-state index < -0.39 is 5.97 Å². The van der Waals surface area contributed by atoms with Crippen LogP contribution in [0.15, 0.2) is 24.3 Å². The van der Waals surface area contributed by atoms with Crippen LogP contribution in [0.1, 0.15) is 37.7 Å². The number of halogens is 1. The van der Waals surface area contributed by atoms with Crippen molar-refractivity contribution in [2.24, 2.45) is 11.8 Å². The van der Waals surface area contributed by atoms with E-state index in [0.29, 0.717) is 17.4 Å². The molecular formula is C15H19ClO2. The zero-order valence-electron chi connectivity index (χ0n) is 10.4. The SMILES string of the molecule is O=C(O)C(Cc1cccc(Cl)c1)CC1CCCC1. The van der Waals surface area contributed by atoms with Crippen LogP contribution in [0.5, 0.6) is 0 Å². The molecule has 0 aromatic heterocycles. The molecule has 1 aromatic rings. The maximum atomic E-state index is 11.3. The second kappa shape index (κ2) is 6.24. The molecule has 0 spiro atoms. The topological polar surface area (TPSA) is 37.3 Å². The fourth-order valence-corrected chi connectivity index (χ4v) is 3.08. The molecule has 1 saturated carbocycles. The third kappa shape index (κ3) is 3.74. The van der Waals surface area contributed by atoms with E-state index in [0.717, 1.165) is 12.0 Å². The van der Waals surface area contributed by atoms with E-state index in [4.69, 9.17) is 11.6 Å². The Kier molecular flexibility index (Phi) is 4.65. The van der Waals surface area contributed by atoms with Crippen molar-refractivity contribution in [3.8, 4) is 0 Å². The fourth-order valence-electron chi connectivity index (χ4n) is 2.87. The highest BCUT2D eigenvalue weighted by molar-refractivity contribution is 6.30. The molecule has 18 heavy (non-hydrogen) atoms. The Bertz CT molecular complexity index is 411. The third-order valence-electron chi connectivity index (χ3n) is 3.81. The van der Waals surface area contributed by atoms with Crippen molar-refractivity contribution in [3.63, 3.8) is 0 Å². The number of benzene rings is 1. The molecule has 1 fully saturated rings. The largest absolute Gasteiger partial charge is 0.481 e. The first-order chi connectivity index (χ1) is 8.65. The molecule has 2 rings (SSSR count). The summed E-state index contributed by atoms with van der Waals surface area (Å²) in [5, 5.41) is 10.0. The molecule has 1 aliphatic rings. The molecule has 0 aliphatic heterocycles. The van der Waals surface area contributed by atoms with Crippen molar-refractivity contribution in [1.29, 1.82) is 0 Å². The van der Waals surface area contributed by atoms with Crippen LogP contribution in [0.2, 0.25) is 5.02 Å². The summed E-state index contributed by atoms with van der Waals surface area (Å²) >= 11 is 5.93. The monoisotopic (exact) mass is 266 g/mol. The Morgan fingerprint density at radius 2 is 2.11 bits per heavy atom. The molecule has 1 atom stereocenters. The Morgan fingerprint density at radius 3 is 2.72 bits per heavy atom. The molecule has 1 aliphatic carbocycles. The first-order valence-corrected chi connectivity index (χ1v) is 7.00. The van der Waals surface area contributed by atoms with Gasteiger partial charge in [0.05, 0.1) is 5.92 Å². The number of carboxylic acids is 1. The predicted octanol–water partition coefficient (Wildman–Crippen LogP) is 4.16. The van der Waals surface area contributed by atoms with Gasteiger partial charge < -0.3 is 5.11 Å². The van der Waals surface area contributed by atoms with E-state index in [2.05, 4.69) is 0 Å². The first-order valence-electron chi connectivity index (χ1n) is 6.62. The minimum atomic E-state index is -0.679. The molecule has 1 unspecified atom stereocenters. The standard InChI is InChI=1S/C15H19ClO2/c16-14-7-3-6-12(10-14)9-13(15(17)18)8-11-4-1-2-5-11/h3,6-7,10-11,13H,1-2,4-5,8-9H2,(H,17,18). The van der Waals surface area contributed by atoms with Crippen molar-refractivity contribution in [3.05, 3.63) is 34.9 Å². The lowest BCUT2D eigenvalue weighted by molar-refractivity contribution is -0.142. The molecule has 0 heterocycles. The second-order valence-corrected chi connectivity index (χ2v) is 5.69. The van der Waals surface area contributed by atoms with Gasteiger partial charge in [-0.05, 0) is 36.5 Å². The summed E-state index contributed by atoms with van der Waals surface area (Å²) in [5.41, 5.74) is 1.02. The van der Waals surface area contributed by atoms with Crippen molar-refractivity contribution in [1.82, 2.24) is 0 Å². The summed E-state index contributed by atoms with van der Waals surface area (Å²) < 4.78 is 0. The quantitative estimate of drug-likeness (QED) is 0.869. The Hall–Kier alpha value is -1.02. The molecule has 2 nitrogen and oxygen atoms in total. The highest BCUT2D eigenvalue weighted by Crippen LogP contribution is 2.31. The summed E-state index contributed by atoms with van der Waals surface area (Å²) in [7, 11) is 0. The zero-order chi connectivity index (χ0) is 13.0. The zero-order valence-corrected chi connectivity index (χ0v) is 11.2. The smallest absolute Gasteiger partial charge is 0.306 e. The normalized spacial score (nSPS) is 17.8. The van der Waals surface area contributed by atoms with Crippen molar-refractivity contribution < 1.29 is 9.90 Å². The lowest BCUT2D eigenvalue weighted by Gasteiger charge is -2.16. The fraction of sp³-hybridized carbons (Fsp3) is 0.533. The van der Waals surface area contributed by atoms with Gasteiger partial charge >= 0.3 is 5.97 Å². The molecule has 1 aromatic carbocycles. The van der Waals surface area contributed by atoms with Gasteiger partial charge in [-0.2, -0.15) is 0 Å². The molecular weight excluding hydrogens is 248 g/mol. The average molecular weight is 267 g/mol. The van der Waals surface area contributed by atoms with Crippen LogP contribution in [0.4, 0.5) is 0 Å². The Balaban J connectivity index is 1.99. The lowest BCUT2D eigenvalue weighted by atomic mass is 9.88. The highest BCUT2D eigenvalue weighted by atomic mass is 35.5. The van der Waals surface area contributed by atoms with Gasteiger partial charge in [-0.3, -0.25) is 4.79 Å². The molecule has 0 amide bonds. The number of aliphatic carboxylic acids is 1. The van der Waals surface area contributed by atoms with Crippen LogP contribution < -0.4 is 0 Å². The van der Waals surface area contributed by atoms with Crippen LogP contribution in [-0.2, 0) is 11.2 Å². The van der Waals surface area contributed by atoms with E-state index >= 15 is 0 Å². The Labute approximate surface area is 113 Å². The van der Waals surface area contributed by atoms with Crippen LogP contribution in [0, 0.1) is 11.8 Å². The van der Waals surface area contributed by atoms with E-state index in [1.165, 1.54) is 25.7 Å². The number of carboxylic acid groups (broad SMARTS) is 1.